The number of nitrogens with one attached hydrogen (secondary N) is 3. The maximum absolute atomic E-state index is 13.6. The van der Waals surface area contributed by atoms with Crippen molar-refractivity contribution in [3.8, 4) is 10.4 Å². The van der Waals surface area contributed by atoms with Crippen LogP contribution in [-0.2, 0) is 19.5 Å². The molecule has 10 nitrogen and oxygen atoms in total. The number of alkyl carbamates (subject to hydrolysis) is 1. The average molecular weight is 685 g/mol. The molecule has 2 saturated carbocycles. The van der Waals surface area contributed by atoms with Crippen molar-refractivity contribution in [1.82, 2.24) is 15.0 Å². The molecule has 4 rings (SSSR count). The van der Waals surface area contributed by atoms with Gasteiger partial charge in [0, 0.05) is 39.2 Å². The van der Waals surface area contributed by atoms with Crippen molar-refractivity contribution in [3.05, 3.63) is 29.4 Å². The first-order chi connectivity index (χ1) is 21.8. The van der Waals surface area contributed by atoms with Gasteiger partial charge >= 0.3 is 12.2 Å². The largest absolute Gasteiger partial charge is 0.449 e. The van der Waals surface area contributed by atoms with E-state index in [1.807, 2.05) is 27.7 Å². The minimum absolute atomic E-state index is 0. The fraction of sp³-hybridized carbons (Fsp3) is 0.676. The normalized spacial score (nSPS) is 19.4. The lowest BCUT2D eigenvalue weighted by atomic mass is 9.86. The zero-order chi connectivity index (χ0) is 33.9. The number of anilines is 1. The highest BCUT2D eigenvalue weighted by molar-refractivity contribution is 7.89. The van der Waals surface area contributed by atoms with Crippen LogP contribution < -0.4 is 15.4 Å². The van der Waals surface area contributed by atoms with Crippen molar-refractivity contribution in [2.45, 2.75) is 141 Å². The van der Waals surface area contributed by atoms with Crippen molar-refractivity contribution >= 4 is 39.2 Å². The van der Waals surface area contributed by atoms with E-state index in [2.05, 4.69) is 20.3 Å². The van der Waals surface area contributed by atoms with Gasteiger partial charge < -0.3 is 14.8 Å². The van der Waals surface area contributed by atoms with Crippen LogP contribution in [0.3, 0.4) is 0 Å². The Labute approximate surface area is 284 Å². The van der Waals surface area contributed by atoms with Gasteiger partial charge in [0.2, 0.25) is 10.0 Å². The second-order valence-electron chi connectivity index (χ2n) is 13.4. The number of sulfonamides is 1. The summed E-state index contributed by atoms with van der Waals surface area (Å²) in [5.74, 6) is 0.593. The summed E-state index contributed by atoms with van der Waals surface area (Å²) >= 11 is 1.48. The first kappa shape index (κ1) is 37.8. The SMILES string of the molecule is CC.CC(C)OC(=O)NC1CCC(c2ncc(-c3ccc(NC(=O)OCC4CCCCCC4)cc3S(=O)(=O)NC(C)(C)C)s2)CC1.[HH].[HH].[HH]. The van der Waals surface area contributed by atoms with Gasteiger partial charge in [0.15, 0.2) is 0 Å². The van der Waals surface area contributed by atoms with E-state index in [9.17, 15) is 18.0 Å². The number of rotatable bonds is 9. The maximum atomic E-state index is 13.6. The third-order valence-corrected chi connectivity index (χ3v) is 10.9. The van der Waals surface area contributed by atoms with E-state index in [0.29, 0.717) is 23.8 Å². The molecule has 1 aromatic carbocycles. The van der Waals surface area contributed by atoms with Gasteiger partial charge in [-0.15, -0.1) is 11.3 Å². The van der Waals surface area contributed by atoms with Gasteiger partial charge in [0.05, 0.1) is 27.5 Å². The van der Waals surface area contributed by atoms with Gasteiger partial charge in [0.1, 0.15) is 0 Å². The van der Waals surface area contributed by atoms with Gasteiger partial charge in [-0.05, 0) is 91.2 Å². The van der Waals surface area contributed by atoms with E-state index in [4.69, 9.17) is 9.47 Å². The second kappa shape index (κ2) is 17.5. The number of benzene rings is 1. The van der Waals surface area contributed by atoms with Gasteiger partial charge in [-0.3, -0.25) is 5.32 Å². The molecule has 0 atom stereocenters. The van der Waals surface area contributed by atoms with Crippen molar-refractivity contribution < 1.29 is 31.8 Å². The Hall–Kier alpha value is -2.70. The molecule has 12 heteroatoms. The topological polar surface area (TPSA) is 136 Å². The monoisotopic (exact) mass is 684 g/mol. The molecule has 2 aromatic rings. The highest BCUT2D eigenvalue weighted by atomic mass is 32.2. The van der Waals surface area contributed by atoms with Gasteiger partial charge in [-0.2, -0.15) is 0 Å². The third kappa shape index (κ3) is 11.8. The molecule has 0 aliphatic heterocycles. The first-order valence-electron chi connectivity index (χ1n) is 16.8. The van der Waals surface area contributed by atoms with Gasteiger partial charge in [-0.1, -0.05) is 45.6 Å². The summed E-state index contributed by atoms with van der Waals surface area (Å²) in [6.07, 6.45) is 10.8. The molecule has 0 unspecified atom stereocenters. The molecule has 0 spiro atoms. The molecule has 0 bridgehead atoms. The van der Waals surface area contributed by atoms with Crippen molar-refractivity contribution in [2.24, 2.45) is 5.92 Å². The smallest absolute Gasteiger partial charge is 0.411 e. The van der Waals surface area contributed by atoms with Crippen LogP contribution in [0.2, 0.25) is 0 Å². The zero-order valence-corrected chi connectivity index (χ0v) is 30.2. The number of carbonyl (C=O) groups is 2. The number of amides is 2. The second-order valence-corrected chi connectivity index (χ2v) is 16.1. The van der Waals surface area contributed by atoms with Crippen LogP contribution in [-0.4, -0.2) is 49.9 Å². The molecule has 0 saturated heterocycles. The predicted octanol–water partition coefficient (Wildman–Crippen LogP) is 9.33. The summed E-state index contributed by atoms with van der Waals surface area (Å²) in [5, 5.41) is 6.63. The van der Waals surface area contributed by atoms with E-state index >= 15 is 0 Å². The summed E-state index contributed by atoms with van der Waals surface area (Å²) in [7, 11) is -3.95. The van der Waals surface area contributed by atoms with Crippen LogP contribution in [0.1, 0.15) is 128 Å². The zero-order valence-electron chi connectivity index (χ0n) is 28.6. The van der Waals surface area contributed by atoms with Crippen molar-refractivity contribution in [1.29, 1.82) is 0 Å². The Bertz CT molecular complexity index is 1390. The van der Waals surface area contributed by atoms with Crippen molar-refractivity contribution in [3.63, 3.8) is 0 Å². The molecule has 2 fully saturated rings. The Balaban J connectivity index is 0.00000452. The number of hydrogen-bond acceptors (Lipinski definition) is 8. The Morgan fingerprint density at radius 3 is 2.26 bits per heavy atom. The molecule has 2 aliphatic carbocycles. The minimum Gasteiger partial charge on any atom is -0.449 e. The molecular weight excluding hydrogens is 625 g/mol. The van der Waals surface area contributed by atoms with Crippen LogP contribution in [0.4, 0.5) is 15.3 Å². The van der Waals surface area contributed by atoms with Crippen LogP contribution in [0.5, 0.6) is 0 Å². The van der Waals surface area contributed by atoms with E-state index < -0.39 is 21.7 Å². The summed E-state index contributed by atoms with van der Waals surface area (Å²) < 4.78 is 40.7. The standard InChI is InChI=1S/C32H48N4O6S2.C2H6.3H2/c1-21(2)42-31(38)34-24-14-12-23(13-15-24)29-33-19-27(43-29)26-17-16-25(18-28(26)44(39,40)36-32(3,4)5)35-30(37)41-20-22-10-8-6-7-9-11-22;1-2;;;/h16-19,21-24,36H,6-15,20H2,1-5H3,(H,34,38)(H,35,37);1-2H3;3*1H. The van der Waals surface area contributed by atoms with E-state index in [1.54, 1.807) is 39.1 Å². The third-order valence-electron chi connectivity index (χ3n) is 7.91. The average Bonchev–Trinajstić information content (AvgIpc) is 3.32. The molecule has 1 heterocycles. The highest BCUT2D eigenvalue weighted by Crippen LogP contribution is 2.40. The van der Waals surface area contributed by atoms with Crippen LogP contribution >= 0.6 is 11.3 Å². The lowest BCUT2D eigenvalue weighted by Crippen LogP contribution is -2.40. The number of thiazole rings is 1. The lowest BCUT2D eigenvalue weighted by Gasteiger charge is -2.28. The number of aromatic nitrogens is 1. The summed E-state index contributed by atoms with van der Waals surface area (Å²) in [6.45, 7) is 13.4. The predicted molar refractivity (Wildman–Crippen MR) is 191 cm³/mol. The van der Waals surface area contributed by atoms with Crippen LogP contribution in [0.25, 0.3) is 10.4 Å². The quantitative estimate of drug-likeness (QED) is 0.224. The Kier molecular flexibility index (Phi) is 14.3. The van der Waals surface area contributed by atoms with Gasteiger partial charge in [0.25, 0.3) is 0 Å². The Morgan fingerprint density at radius 1 is 1.00 bits per heavy atom. The molecule has 2 amide bonds. The molecule has 3 N–H and O–H groups in total. The van der Waals surface area contributed by atoms with Crippen molar-refractivity contribution in [2.75, 3.05) is 11.9 Å². The first-order valence-corrected chi connectivity index (χ1v) is 19.1. The highest BCUT2D eigenvalue weighted by Gasteiger charge is 2.29. The Morgan fingerprint density at radius 2 is 1.65 bits per heavy atom. The van der Waals surface area contributed by atoms with E-state index in [0.717, 1.165) is 61.3 Å². The molecule has 2 aliphatic rings. The minimum atomic E-state index is -3.95. The fourth-order valence-corrected chi connectivity index (χ4v) is 8.72. The molecule has 46 heavy (non-hydrogen) atoms. The molecule has 0 radical (unpaired) electrons. The molecular formula is C34H60N4O6S2. The molecule has 264 valence electrons. The van der Waals surface area contributed by atoms with E-state index in [1.165, 1.54) is 30.2 Å². The maximum Gasteiger partial charge on any atom is 0.411 e. The fourth-order valence-electron chi connectivity index (χ4n) is 5.86. The van der Waals surface area contributed by atoms with Crippen LogP contribution in [0.15, 0.2) is 29.3 Å². The number of hydrogen-bond donors (Lipinski definition) is 3. The van der Waals surface area contributed by atoms with E-state index in [-0.39, 0.29) is 33.3 Å². The summed E-state index contributed by atoms with van der Waals surface area (Å²) in [5.41, 5.74) is 0.166. The lowest BCUT2D eigenvalue weighted by molar-refractivity contribution is 0.109. The summed E-state index contributed by atoms with van der Waals surface area (Å²) in [4.78, 5) is 30.1. The number of nitrogens with zero attached hydrogens (tertiary/aromatic N) is 1. The summed E-state index contributed by atoms with van der Waals surface area (Å²) in [6, 6.07) is 4.97. The molecule has 1 aromatic heterocycles. The van der Waals surface area contributed by atoms with Crippen LogP contribution in [0, 0.1) is 5.92 Å². The van der Waals surface area contributed by atoms with Gasteiger partial charge in [-0.25, -0.2) is 27.7 Å². The number of carbonyl (C=O) groups excluding carboxylic acids is 2. The number of ether oxygens (including phenoxy) is 2.